The number of aliphatic hydroxyl groups excluding tert-OH is 1. The number of likely N-dealkylation sites (tertiary alicyclic amines) is 1. The molecule has 1 saturated heterocycles. The van der Waals surface area contributed by atoms with Crippen LogP contribution in [0.25, 0.3) is 0 Å². The van der Waals surface area contributed by atoms with Crippen LogP contribution in [0, 0.1) is 5.92 Å². The Morgan fingerprint density at radius 3 is 2.47 bits per heavy atom. The highest BCUT2D eigenvalue weighted by atomic mass is 16.3. The number of nitrogens with zero attached hydrogens (tertiary/aromatic N) is 1. The van der Waals surface area contributed by atoms with Crippen LogP contribution in [-0.4, -0.2) is 42.3 Å². The number of nitrogens with two attached hydrogens (primary N) is 1. The van der Waals surface area contributed by atoms with E-state index < -0.39 is 0 Å². The first-order chi connectivity index (χ1) is 7.24. The molecular formula is C12H26N2O. The van der Waals surface area contributed by atoms with Gasteiger partial charge in [0.1, 0.15) is 0 Å². The molecule has 1 aliphatic heterocycles. The maximum atomic E-state index is 9.48. The number of aliphatic hydroxyl groups is 1. The van der Waals surface area contributed by atoms with Gasteiger partial charge >= 0.3 is 0 Å². The fourth-order valence-corrected chi connectivity index (χ4v) is 2.32. The summed E-state index contributed by atoms with van der Waals surface area (Å²) in [4.78, 5) is 2.52. The smallest absolute Gasteiger partial charge is 0.0541 e. The molecule has 1 unspecified atom stereocenters. The molecule has 1 atom stereocenters. The summed E-state index contributed by atoms with van der Waals surface area (Å²) in [6, 6.07) is 0. The Hall–Kier alpha value is -0.120. The van der Waals surface area contributed by atoms with Gasteiger partial charge in [0.15, 0.2) is 0 Å². The van der Waals surface area contributed by atoms with E-state index in [1.807, 2.05) is 6.92 Å². The molecule has 1 heterocycles. The molecule has 3 nitrogen and oxygen atoms in total. The molecular weight excluding hydrogens is 188 g/mol. The lowest BCUT2D eigenvalue weighted by atomic mass is 9.92. The quantitative estimate of drug-likeness (QED) is 0.653. The van der Waals surface area contributed by atoms with Crippen molar-refractivity contribution < 1.29 is 5.11 Å². The van der Waals surface area contributed by atoms with E-state index in [1.165, 1.54) is 19.4 Å². The summed E-state index contributed by atoms with van der Waals surface area (Å²) >= 11 is 0. The Labute approximate surface area is 93.6 Å². The summed E-state index contributed by atoms with van der Waals surface area (Å²) in [7, 11) is 0. The Morgan fingerprint density at radius 1 is 1.27 bits per heavy atom. The molecule has 0 saturated carbocycles. The van der Waals surface area contributed by atoms with Crippen LogP contribution in [0.1, 0.15) is 39.0 Å². The first-order valence-corrected chi connectivity index (χ1v) is 6.34. The molecule has 0 amide bonds. The molecule has 0 aromatic carbocycles. The molecule has 0 spiro atoms. The van der Waals surface area contributed by atoms with E-state index in [4.69, 9.17) is 5.73 Å². The summed E-state index contributed by atoms with van der Waals surface area (Å²) in [6.07, 6.45) is 5.89. The molecule has 0 bridgehead atoms. The lowest BCUT2D eigenvalue weighted by molar-refractivity contribution is 0.0713. The predicted molar refractivity (Wildman–Crippen MR) is 63.8 cm³/mol. The Morgan fingerprint density at radius 2 is 1.93 bits per heavy atom. The molecule has 15 heavy (non-hydrogen) atoms. The van der Waals surface area contributed by atoms with Crippen LogP contribution in [0.4, 0.5) is 0 Å². The van der Waals surface area contributed by atoms with Crippen molar-refractivity contribution in [2.75, 3.05) is 26.2 Å². The Kier molecular flexibility index (Phi) is 6.22. The molecule has 3 heteroatoms. The summed E-state index contributed by atoms with van der Waals surface area (Å²) in [5.74, 6) is 0.533. The van der Waals surface area contributed by atoms with Crippen molar-refractivity contribution in [3.63, 3.8) is 0 Å². The molecule has 1 aliphatic rings. The van der Waals surface area contributed by atoms with E-state index in [0.29, 0.717) is 5.92 Å². The van der Waals surface area contributed by atoms with Gasteiger partial charge in [0, 0.05) is 0 Å². The average Bonchev–Trinajstić information content (AvgIpc) is 2.25. The van der Waals surface area contributed by atoms with Crippen molar-refractivity contribution in [1.82, 2.24) is 4.90 Å². The van der Waals surface area contributed by atoms with E-state index in [1.54, 1.807) is 0 Å². The first-order valence-electron chi connectivity index (χ1n) is 6.34. The van der Waals surface area contributed by atoms with Crippen molar-refractivity contribution in [3.05, 3.63) is 0 Å². The third-order valence-corrected chi connectivity index (χ3v) is 3.49. The summed E-state index contributed by atoms with van der Waals surface area (Å²) in [5.41, 5.74) is 5.46. The molecule has 0 aromatic rings. The average molecular weight is 214 g/mol. The van der Waals surface area contributed by atoms with Crippen LogP contribution in [0.2, 0.25) is 0 Å². The maximum Gasteiger partial charge on any atom is 0.0541 e. The number of unbranched alkanes of at least 4 members (excludes halogenated alkanes) is 2. The van der Waals surface area contributed by atoms with Crippen molar-refractivity contribution in [2.45, 2.75) is 45.1 Å². The fraction of sp³-hybridized carbons (Fsp3) is 1.00. The molecule has 0 aliphatic carbocycles. The lowest BCUT2D eigenvalue weighted by Gasteiger charge is -2.33. The third kappa shape index (κ3) is 4.96. The summed E-state index contributed by atoms with van der Waals surface area (Å²) in [5, 5.41) is 9.48. The van der Waals surface area contributed by atoms with Gasteiger partial charge in [-0.2, -0.15) is 0 Å². The number of rotatable bonds is 6. The van der Waals surface area contributed by atoms with Gasteiger partial charge in [0.05, 0.1) is 6.10 Å². The van der Waals surface area contributed by atoms with Crippen LogP contribution in [0.15, 0.2) is 0 Å². The number of hydrogen-bond acceptors (Lipinski definition) is 3. The zero-order valence-corrected chi connectivity index (χ0v) is 9.99. The maximum absolute atomic E-state index is 9.48. The number of hydrogen-bond donors (Lipinski definition) is 2. The minimum atomic E-state index is -0.121. The third-order valence-electron chi connectivity index (χ3n) is 3.49. The van der Waals surface area contributed by atoms with Gasteiger partial charge in [-0.15, -0.1) is 0 Å². The van der Waals surface area contributed by atoms with Crippen molar-refractivity contribution in [3.8, 4) is 0 Å². The minimum absolute atomic E-state index is 0.121. The second kappa shape index (κ2) is 7.20. The van der Waals surface area contributed by atoms with Gasteiger partial charge in [-0.1, -0.05) is 6.42 Å². The second-order valence-corrected chi connectivity index (χ2v) is 4.77. The molecule has 3 N–H and O–H groups in total. The van der Waals surface area contributed by atoms with Gasteiger partial charge in [0.2, 0.25) is 0 Å². The van der Waals surface area contributed by atoms with E-state index in [2.05, 4.69) is 4.90 Å². The Balaban J connectivity index is 2.04. The van der Waals surface area contributed by atoms with Gasteiger partial charge in [-0.3, -0.25) is 0 Å². The fourth-order valence-electron chi connectivity index (χ4n) is 2.32. The van der Waals surface area contributed by atoms with E-state index >= 15 is 0 Å². The van der Waals surface area contributed by atoms with Crippen LogP contribution >= 0.6 is 0 Å². The van der Waals surface area contributed by atoms with Crippen molar-refractivity contribution >= 4 is 0 Å². The highest BCUT2D eigenvalue weighted by Crippen LogP contribution is 2.20. The van der Waals surface area contributed by atoms with Crippen molar-refractivity contribution in [1.29, 1.82) is 0 Å². The Bertz CT molecular complexity index is 154. The van der Waals surface area contributed by atoms with Crippen LogP contribution in [0.3, 0.4) is 0 Å². The van der Waals surface area contributed by atoms with Gasteiger partial charge in [-0.25, -0.2) is 0 Å². The van der Waals surface area contributed by atoms with Crippen LogP contribution in [-0.2, 0) is 0 Å². The molecule has 0 radical (unpaired) electrons. The monoisotopic (exact) mass is 214 g/mol. The SMILES string of the molecule is CC(O)C1CCN(CCCCCN)CC1. The summed E-state index contributed by atoms with van der Waals surface area (Å²) in [6.45, 7) is 6.29. The van der Waals surface area contributed by atoms with Crippen LogP contribution in [0.5, 0.6) is 0 Å². The van der Waals surface area contributed by atoms with Gasteiger partial charge in [-0.05, 0) is 64.7 Å². The molecule has 1 rings (SSSR count). The van der Waals surface area contributed by atoms with E-state index in [0.717, 1.165) is 38.9 Å². The number of piperidine rings is 1. The largest absolute Gasteiger partial charge is 0.393 e. The molecule has 90 valence electrons. The van der Waals surface area contributed by atoms with E-state index in [9.17, 15) is 5.11 Å². The predicted octanol–water partition coefficient (Wildman–Crippen LogP) is 1.21. The van der Waals surface area contributed by atoms with Crippen molar-refractivity contribution in [2.24, 2.45) is 11.7 Å². The normalized spacial score (nSPS) is 21.8. The second-order valence-electron chi connectivity index (χ2n) is 4.77. The van der Waals surface area contributed by atoms with Crippen LogP contribution < -0.4 is 5.73 Å². The highest BCUT2D eigenvalue weighted by molar-refractivity contribution is 4.75. The molecule has 0 aromatic heterocycles. The van der Waals surface area contributed by atoms with Gasteiger partial charge < -0.3 is 15.7 Å². The highest BCUT2D eigenvalue weighted by Gasteiger charge is 2.21. The van der Waals surface area contributed by atoms with Gasteiger partial charge in [0.25, 0.3) is 0 Å². The first kappa shape index (κ1) is 12.9. The zero-order chi connectivity index (χ0) is 11.1. The summed E-state index contributed by atoms with van der Waals surface area (Å²) < 4.78 is 0. The standard InChI is InChI=1S/C12H26N2O/c1-11(15)12-5-9-14(10-6-12)8-4-2-3-7-13/h11-12,15H,2-10,13H2,1H3. The lowest BCUT2D eigenvalue weighted by Crippen LogP contribution is -2.37. The topological polar surface area (TPSA) is 49.5 Å². The minimum Gasteiger partial charge on any atom is -0.393 e. The molecule has 1 fully saturated rings. The van der Waals surface area contributed by atoms with E-state index in [-0.39, 0.29) is 6.10 Å². The zero-order valence-electron chi connectivity index (χ0n) is 9.99.